The molecule has 1 aliphatic carbocycles. The van der Waals surface area contributed by atoms with Crippen molar-refractivity contribution < 1.29 is 14.3 Å². The second-order valence-electron chi connectivity index (χ2n) is 7.37. The number of amides is 2. The summed E-state index contributed by atoms with van der Waals surface area (Å²) in [4.78, 5) is 28.4. The molecule has 2 saturated heterocycles. The van der Waals surface area contributed by atoms with Crippen LogP contribution in [-0.2, 0) is 14.3 Å². The second-order valence-corrected chi connectivity index (χ2v) is 7.37. The van der Waals surface area contributed by atoms with Gasteiger partial charge in [-0.3, -0.25) is 14.5 Å². The predicted octanol–water partition coefficient (Wildman–Crippen LogP) is 0.745. The van der Waals surface area contributed by atoms with Gasteiger partial charge in [0.15, 0.2) is 0 Å². The fraction of sp³-hybridized carbons (Fsp3) is 0.882. The van der Waals surface area contributed by atoms with E-state index in [4.69, 9.17) is 10.5 Å². The van der Waals surface area contributed by atoms with E-state index >= 15 is 0 Å². The summed E-state index contributed by atoms with van der Waals surface area (Å²) in [5, 5.41) is 0. The van der Waals surface area contributed by atoms with Crippen molar-refractivity contribution in [2.24, 2.45) is 11.7 Å². The monoisotopic (exact) mass is 323 g/mol. The highest BCUT2D eigenvalue weighted by atomic mass is 16.5. The van der Waals surface area contributed by atoms with Crippen molar-refractivity contribution in [3.05, 3.63) is 0 Å². The molecule has 23 heavy (non-hydrogen) atoms. The van der Waals surface area contributed by atoms with Crippen LogP contribution in [0.2, 0.25) is 0 Å². The second kappa shape index (κ2) is 7.18. The van der Waals surface area contributed by atoms with Crippen LogP contribution < -0.4 is 5.73 Å². The molecule has 0 aromatic heterocycles. The maximum atomic E-state index is 12.8. The number of nitrogens with zero attached hydrogens (tertiary/aromatic N) is 2. The summed E-state index contributed by atoms with van der Waals surface area (Å²) in [6, 6.07) is 0. The molecular formula is C17H29N3O3. The lowest BCUT2D eigenvalue weighted by Crippen LogP contribution is -2.54. The minimum atomic E-state index is -0.259. The third-order valence-corrected chi connectivity index (χ3v) is 5.82. The molecule has 0 aromatic carbocycles. The van der Waals surface area contributed by atoms with Crippen LogP contribution in [0.5, 0.6) is 0 Å². The predicted molar refractivity (Wildman–Crippen MR) is 86.7 cm³/mol. The molecule has 0 bridgehead atoms. The molecule has 6 heteroatoms. The van der Waals surface area contributed by atoms with E-state index in [1.165, 1.54) is 12.8 Å². The van der Waals surface area contributed by atoms with Crippen molar-refractivity contribution in [3.8, 4) is 0 Å². The zero-order valence-electron chi connectivity index (χ0n) is 14.0. The summed E-state index contributed by atoms with van der Waals surface area (Å²) >= 11 is 0. The molecule has 0 radical (unpaired) electrons. The number of rotatable bonds is 5. The number of nitrogens with two attached hydrogens (primary N) is 1. The van der Waals surface area contributed by atoms with E-state index in [1.807, 2.05) is 4.90 Å². The third-order valence-electron chi connectivity index (χ3n) is 5.82. The highest BCUT2D eigenvalue weighted by Crippen LogP contribution is 2.39. The number of likely N-dealkylation sites (tertiary alicyclic amines) is 1. The van der Waals surface area contributed by atoms with Crippen LogP contribution in [-0.4, -0.2) is 66.5 Å². The van der Waals surface area contributed by atoms with Crippen LogP contribution in [0.3, 0.4) is 0 Å². The van der Waals surface area contributed by atoms with Gasteiger partial charge in [0.1, 0.15) is 0 Å². The van der Waals surface area contributed by atoms with E-state index in [0.29, 0.717) is 19.4 Å². The molecule has 1 atom stereocenters. The first-order chi connectivity index (χ1) is 11.1. The number of morpholine rings is 1. The minimum Gasteiger partial charge on any atom is -0.379 e. The number of ether oxygens (including phenoxy) is 1. The van der Waals surface area contributed by atoms with Crippen molar-refractivity contribution in [3.63, 3.8) is 0 Å². The third kappa shape index (κ3) is 3.86. The largest absolute Gasteiger partial charge is 0.379 e. The van der Waals surface area contributed by atoms with Gasteiger partial charge in [0, 0.05) is 44.6 Å². The Hall–Kier alpha value is -1.14. The number of hydrogen-bond donors (Lipinski definition) is 1. The van der Waals surface area contributed by atoms with E-state index in [-0.39, 0.29) is 23.3 Å². The smallest absolute Gasteiger partial charge is 0.224 e. The lowest BCUT2D eigenvalue weighted by Gasteiger charge is -2.43. The van der Waals surface area contributed by atoms with Gasteiger partial charge in [-0.05, 0) is 25.2 Å². The molecule has 0 aromatic rings. The van der Waals surface area contributed by atoms with Crippen LogP contribution in [0.4, 0.5) is 0 Å². The topological polar surface area (TPSA) is 75.9 Å². The standard InChI is InChI=1S/C17H29N3O3/c18-15(21)11-14-3-6-19(13-14)16(22)12-17(4-1-2-5-17)20-7-9-23-10-8-20/h14H,1-13H2,(H2,18,21). The summed E-state index contributed by atoms with van der Waals surface area (Å²) in [7, 11) is 0. The minimum absolute atomic E-state index is 0.0443. The molecule has 1 saturated carbocycles. The van der Waals surface area contributed by atoms with Crippen molar-refractivity contribution in [2.45, 2.75) is 50.5 Å². The van der Waals surface area contributed by atoms with Gasteiger partial charge < -0.3 is 15.4 Å². The molecular weight excluding hydrogens is 294 g/mol. The van der Waals surface area contributed by atoms with Gasteiger partial charge >= 0.3 is 0 Å². The van der Waals surface area contributed by atoms with Gasteiger partial charge in [0.25, 0.3) is 0 Å². The first kappa shape index (κ1) is 16.7. The average Bonchev–Trinajstić information content (AvgIpc) is 3.18. The van der Waals surface area contributed by atoms with E-state index < -0.39 is 0 Å². The highest BCUT2D eigenvalue weighted by Gasteiger charge is 2.43. The Labute approximate surface area is 138 Å². The number of hydrogen-bond acceptors (Lipinski definition) is 4. The van der Waals surface area contributed by atoms with E-state index in [1.54, 1.807) is 0 Å². The molecule has 2 heterocycles. The van der Waals surface area contributed by atoms with Gasteiger partial charge in [0.2, 0.25) is 11.8 Å². The Morgan fingerprint density at radius 2 is 1.83 bits per heavy atom. The Morgan fingerprint density at radius 1 is 1.13 bits per heavy atom. The molecule has 130 valence electrons. The Balaban J connectivity index is 1.59. The van der Waals surface area contributed by atoms with Gasteiger partial charge in [-0.1, -0.05) is 12.8 Å². The quantitative estimate of drug-likeness (QED) is 0.810. The summed E-state index contributed by atoms with van der Waals surface area (Å²) < 4.78 is 5.48. The maximum absolute atomic E-state index is 12.8. The molecule has 1 unspecified atom stereocenters. The van der Waals surface area contributed by atoms with Gasteiger partial charge in [0.05, 0.1) is 13.2 Å². The highest BCUT2D eigenvalue weighted by molar-refractivity contribution is 5.78. The summed E-state index contributed by atoms with van der Waals surface area (Å²) in [5.41, 5.74) is 5.33. The maximum Gasteiger partial charge on any atom is 0.224 e. The molecule has 6 nitrogen and oxygen atoms in total. The van der Waals surface area contributed by atoms with Crippen LogP contribution in [0.25, 0.3) is 0 Å². The number of primary amides is 1. The van der Waals surface area contributed by atoms with E-state index in [9.17, 15) is 9.59 Å². The molecule has 3 aliphatic rings. The number of carbonyl (C=O) groups is 2. The zero-order chi connectivity index (χ0) is 16.3. The Morgan fingerprint density at radius 3 is 2.48 bits per heavy atom. The van der Waals surface area contributed by atoms with Gasteiger partial charge in [-0.25, -0.2) is 0 Å². The summed E-state index contributed by atoms with van der Waals surface area (Å²) in [6.07, 6.45) is 6.60. The van der Waals surface area contributed by atoms with Crippen LogP contribution in [0.15, 0.2) is 0 Å². The summed E-state index contributed by atoms with van der Waals surface area (Å²) in [6.45, 7) is 4.91. The molecule has 3 fully saturated rings. The normalized spacial score (nSPS) is 28.2. The summed E-state index contributed by atoms with van der Waals surface area (Å²) in [5.74, 6) is 0.245. The van der Waals surface area contributed by atoms with Crippen molar-refractivity contribution >= 4 is 11.8 Å². The first-order valence-electron chi connectivity index (χ1n) is 8.98. The lowest BCUT2D eigenvalue weighted by atomic mass is 9.89. The zero-order valence-corrected chi connectivity index (χ0v) is 14.0. The first-order valence-corrected chi connectivity index (χ1v) is 8.98. The van der Waals surface area contributed by atoms with Crippen LogP contribution in [0, 0.1) is 5.92 Å². The molecule has 3 rings (SSSR count). The van der Waals surface area contributed by atoms with Crippen molar-refractivity contribution in [2.75, 3.05) is 39.4 Å². The van der Waals surface area contributed by atoms with Gasteiger partial charge in [-0.15, -0.1) is 0 Å². The average molecular weight is 323 g/mol. The van der Waals surface area contributed by atoms with E-state index in [0.717, 1.165) is 52.1 Å². The molecule has 2 amide bonds. The molecule has 2 aliphatic heterocycles. The fourth-order valence-electron chi connectivity index (χ4n) is 4.58. The van der Waals surface area contributed by atoms with Crippen molar-refractivity contribution in [1.29, 1.82) is 0 Å². The number of carbonyl (C=O) groups excluding carboxylic acids is 2. The van der Waals surface area contributed by atoms with Crippen molar-refractivity contribution in [1.82, 2.24) is 9.80 Å². The Kier molecular flexibility index (Phi) is 5.21. The SMILES string of the molecule is NC(=O)CC1CCN(C(=O)CC2(N3CCOCC3)CCCC2)C1. The lowest BCUT2D eigenvalue weighted by molar-refractivity contribution is -0.135. The Bertz CT molecular complexity index is 442. The molecule has 0 spiro atoms. The van der Waals surface area contributed by atoms with E-state index in [2.05, 4.69) is 4.90 Å². The fourth-order valence-corrected chi connectivity index (χ4v) is 4.58. The van der Waals surface area contributed by atoms with Crippen LogP contribution in [0.1, 0.15) is 44.9 Å². The van der Waals surface area contributed by atoms with Gasteiger partial charge in [-0.2, -0.15) is 0 Å². The molecule has 2 N–H and O–H groups in total. The van der Waals surface area contributed by atoms with Crippen LogP contribution >= 0.6 is 0 Å².